The SMILES string of the molecule is COc1c(F)c(F)c(I)c(NC(C)=O)c1F. The molecule has 0 aliphatic rings. The van der Waals surface area contributed by atoms with Gasteiger partial charge in [0.25, 0.3) is 0 Å². The molecule has 1 rings (SSSR count). The third-order valence-corrected chi connectivity index (χ3v) is 2.74. The normalized spacial score (nSPS) is 10.1. The molecule has 0 bridgehead atoms. The minimum atomic E-state index is -1.42. The van der Waals surface area contributed by atoms with Gasteiger partial charge in [-0.15, -0.1) is 0 Å². The van der Waals surface area contributed by atoms with Gasteiger partial charge in [0.1, 0.15) is 0 Å². The highest BCUT2D eigenvalue weighted by Gasteiger charge is 2.24. The number of rotatable bonds is 2. The molecule has 1 amide bonds. The van der Waals surface area contributed by atoms with Gasteiger partial charge in [-0.1, -0.05) is 0 Å². The first-order chi connectivity index (χ1) is 7.40. The van der Waals surface area contributed by atoms with Crippen molar-refractivity contribution in [3.63, 3.8) is 0 Å². The Balaban J connectivity index is 3.48. The molecular weight excluding hydrogens is 338 g/mol. The zero-order chi connectivity index (χ0) is 12.5. The van der Waals surface area contributed by atoms with E-state index in [0.29, 0.717) is 0 Å². The van der Waals surface area contributed by atoms with E-state index in [4.69, 9.17) is 0 Å². The van der Waals surface area contributed by atoms with Crippen molar-refractivity contribution in [2.75, 3.05) is 12.4 Å². The van der Waals surface area contributed by atoms with Gasteiger partial charge in [0.2, 0.25) is 11.7 Å². The summed E-state index contributed by atoms with van der Waals surface area (Å²) in [6.07, 6.45) is 0. The number of amides is 1. The summed E-state index contributed by atoms with van der Waals surface area (Å²) in [5.74, 6) is -5.27. The average molecular weight is 345 g/mol. The summed E-state index contributed by atoms with van der Waals surface area (Å²) in [4.78, 5) is 10.8. The number of methoxy groups -OCH3 is 1. The number of nitrogens with one attached hydrogen (secondary N) is 1. The number of carbonyl (C=O) groups excluding carboxylic acids is 1. The Morgan fingerprint density at radius 2 is 1.81 bits per heavy atom. The van der Waals surface area contributed by atoms with Crippen LogP contribution in [0.25, 0.3) is 0 Å². The lowest BCUT2D eigenvalue weighted by atomic mass is 10.2. The lowest BCUT2D eigenvalue weighted by molar-refractivity contribution is -0.114. The molecule has 0 radical (unpaired) electrons. The monoisotopic (exact) mass is 345 g/mol. The van der Waals surface area contributed by atoms with Crippen molar-refractivity contribution >= 4 is 34.2 Å². The van der Waals surface area contributed by atoms with E-state index >= 15 is 0 Å². The number of carbonyl (C=O) groups is 1. The molecule has 0 heterocycles. The van der Waals surface area contributed by atoms with Crippen molar-refractivity contribution in [3.8, 4) is 5.75 Å². The molecular formula is C9H7F3INO2. The number of hydrogen-bond acceptors (Lipinski definition) is 2. The second kappa shape index (κ2) is 4.89. The molecule has 0 spiro atoms. The first-order valence-corrected chi connectivity index (χ1v) is 5.15. The Kier molecular flexibility index (Phi) is 4.00. The summed E-state index contributed by atoms with van der Waals surface area (Å²) in [5.41, 5.74) is -0.427. The third-order valence-electron chi connectivity index (χ3n) is 1.73. The molecule has 1 aromatic rings. The van der Waals surface area contributed by atoms with Crippen molar-refractivity contribution in [3.05, 3.63) is 21.0 Å². The van der Waals surface area contributed by atoms with Crippen LogP contribution in [0.5, 0.6) is 5.75 Å². The Hall–Kier alpha value is -0.990. The summed E-state index contributed by atoms with van der Waals surface area (Å²) < 4.78 is 44.1. The lowest BCUT2D eigenvalue weighted by Crippen LogP contribution is -2.12. The van der Waals surface area contributed by atoms with Gasteiger partial charge >= 0.3 is 0 Å². The van der Waals surface area contributed by atoms with Crippen molar-refractivity contribution < 1.29 is 22.7 Å². The molecule has 1 N–H and O–H groups in total. The van der Waals surface area contributed by atoms with Crippen molar-refractivity contribution in [2.45, 2.75) is 6.92 Å². The maximum absolute atomic E-state index is 13.6. The van der Waals surface area contributed by atoms with Crippen LogP contribution in [0.1, 0.15) is 6.92 Å². The molecule has 16 heavy (non-hydrogen) atoms. The molecule has 0 atom stereocenters. The lowest BCUT2D eigenvalue weighted by Gasteiger charge is -2.12. The summed E-state index contributed by atoms with van der Waals surface area (Å²) in [5, 5.41) is 2.08. The quantitative estimate of drug-likeness (QED) is 0.509. The zero-order valence-electron chi connectivity index (χ0n) is 8.33. The van der Waals surface area contributed by atoms with E-state index in [9.17, 15) is 18.0 Å². The number of ether oxygens (including phenoxy) is 1. The molecule has 0 fully saturated rings. The molecule has 3 nitrogen and oxygen atoms in total. The minimum Gasteiger partial charge on any atom is -0.491 e. The van der Waals surface area contributed by atoms with Crippen molar-refractivity contribution in [1.29, 1.82) is 0 Å². The average Bonchev–Trinajstić information content (AvgIpc) is 2.22. The fourth-order valence-corrected chi connectivity index (χ4v) is 1.69. The van der Waals surface area contributed by atoms with E-state index in [-0.39, 0.29) is 3.57 Å². The highest BCUT2D eigenvalue weighted by atomic mass is 127. The van der Waals surface area contributed by atoms with Crippen LogP contribution in [-0.2, 0) is 4.79 Å². The van der Waals surface area contributed by atoms with E-state index in [2.05, 4.69) is 10.1 Å². The fourth-order valence-electron chi connectivity index (χ4n) is 1.08. The van der Waals surface area contributed by atoms with Crippen LogP contribution >= 0.6 is 22.6 Å². The Labute approximate surface area is 103 Å². The van der Waals surface area contributed by atoms with Crippen LogP contribution in [0.15, 0.2) is 0 Å². The summed E-state index contributed by atoms with van der Waals surface area (Å²) in [6.45, 7) is 1.13. The maximum atomic E-state index is 13.6. The zero-order valence-corrected chi connectivity index (χ0v) is 10.5. The van der Waals surface area contributed by atoms with Gasteiger partial charge in [0.15, 0.2) is 17.4 Å². The summed E-state index contributed by atoms with van der Waals surface area (Å²) in [6, 6.07) is 0. The van der Waals surface area contributed by atoms with Crippen LogP contribution in [-0.4, -0.2) is 13.0 Å². The summed E-state index contributed by atoms with van der Waals surface area (Å²) in [7, 11) is 1.01. The van der Waals surface area contributed by atoms with Gasteiger partial charge in [-0.2, -0.15) is 4.39 Å². The van der Waals surface area contributed by atoms with Gasteiger partial charge in [-0.3, -0.25) is 4.79 Å². The first kappa shape index (κ1) is 13.1. The topological polar surface area (TPSA) is 38.3 Å². The van der Waals surface area contributed by atoms with E-state index in [1.54, 1.807) is 0 Å². The molecule has 0 saturated carbocycles. The van der Waals surface area contributed by atoms with Gasteiger partial charge in [-0.25, -0.2) is 8.78 Å². The van der Waals surface area contributed by atoms with Crippen LogP contribution in [0.2, 0.25) is 0 Å². The second-order valence-electron chi connectivity index (χ2n) is 2.85. The predicted molar refractivity (Wildman–Crippen MR) is 59.9 cm³/mol. The predicted octanol–water partition coefficient (Wildman–Crippen LogP) is 2.68. The van der Waals surface area contributed by atoms with E-state index in [1.165, 1.54) is 22.6 Å². The van der Waals surface area contributed by atoms with Crippen molar-refractivity contribution in [2.24, 2.45) is 0 Å². The number of hydrogen-bond donors (Lipinski definition) is 1. The molecule has 7 heteroatoms. The maximum Gasteiger partial charge on any atom is 0.221 e. The highest BCUT2D eigenvalue weighted by Crippen LogP contribution is 2.34. The Morgan fingerprint density at radius 1 is 1.25 bits per heavy atom. The fraction of sp³-hybridized carbons (Fsp3) is 0.222. The molecule has 0 aromatic heterocycles. The second-order valence-corrected chi connectivity index (χ2v) is 3.92. The molecule has 1 aromatic carbocycles. The van der Waals surface area contributed by atoms with Gasteiger partial charge in [0, 0.05) is 6.92 Å². The van der Waals surface area contributed by atoms with Gasteiger partial charge < -0.3 is 10.1 Å². The smallest absolute Gasteiger partial charge is 0.221 e. The van der Waals surface area contributed by atoms with Gasteiger partial charge in [-0.05, 0) is 22.6 Å². The van der Waals surface area contributed by atoms with Crippen molar-refractivity contribution in [1.82, 2.24) is 0 Å². The van der Waals surface area contributed by atoms with Crippen LogP contribution in [0.4, 0.5) is 18.9 Å². The molecule has 0 saturated heterocycles. The van der Waals surface area contributed by atoms with E-state index < -0.39 is 34.8 Å². The Morgan fingerprint density at radius 3 is 2.25 bits per heavy atom. The number of anilines is 1. The number of halogens is 4. The molecule has 0 aliphatic heterocycles. The standard InChI is InChI=1S/C9H7F3INO2/c1-3(15)14-8-6(12)9(16-2)5(11)4(10)7(8)13/h1-2H3,(H,14,15). The van der Waals surface area contributed by atoms with E-state index in [0.717, 1.165) is 14.0 Å². The van der Waals surface area contributed by atoms with Crippen LogP contribution in [0.3, 0.4) is 0 Å². The molecule has 0 unspecified atom stereocenters. The molecule has 88 valence electrons. The largest absolute Gasteiger partial charge is 0.491 e. The number of benzene rings is 1. The first-order valence-electron chi connectivity index (χ1n) is 4.07. The molecule has 0 aliphatic carbocycles. The van der Waals surface area contributed by atoms with Gasteiger partial charge in [0.05, 0.1) is 16.4 Å². The van der Waals surface area contributed by atoms with Crippen LogP contribution < -0.4 is 10.1 Å². The Bertz CT molecular complexity index is 451. The summed E-state index contributed by atoms with van der Waals surface area (Å²) >= 11 is 1.40. The third kappa shape index (κ3) is 2.23. The van der Waals surface area contributed by atoms with E-state index in [1.807, 2.05) is 0 Å². The van der Waals surface area contributed by atoms with Crippen LogP contribution in [0, 0.1) is 21.0 Å². The highest BCUT2D eigenvalue weighted by molar-refractivity contribution is 14.1. The minimum absolute atomic E-state index is 0.344.